The van der Waals surface area contributed by atoms with Gasteiger partial charge in [-0.05, 0) is 130 Å². The lowest BCUT2D eigenvalue weighted by Crippen LogP contribution is -2.47. The second-order valence-electron chi connectivity index (χ2n) is 15.4. The van der Waals surface area contributed by atoms with E-state index in [9.17, 15) is 9.59 Å². The van der Waals surface area contributed by atoms with Crippen molar-refractivity contribution in [3.8, 4) is 22.3 Å². The number of anilines is 3. The van der Waals surface area contributed by atoms with Gasteiger partial charge >= 0.3 is 0 Å². The van der Waals surface area contributed by atoms with E-state index < -0.39 is 0 Å². The van der Waals surface area contributed by atoms with Gasteiger partial charge in [-0.2, -0.15) is 4.98 Å². The van der Waals surface area contributed by atoms with Gasteiger partial charge in [0.1, 0.15) is 22.7 Å². The van der Waals surface area contributed by atoms with Crippen molar-refractivity contribution in [3.63, 3.8) is 0 Å². The molecule has 0 spiro atoms. The van der Waals surface area contributed by atoms with Crippen LogP contribution in [-0.2, 0) is 16.0 Å². The fourth-order valence-electron chi connectivity index (χ4n) is 7.17. The molecule has 6 aromatic heterocycles. The topological polar surface area (TPSA) is 212 Å². The van der Waals surface area contributed by atoms with Crippen molar-refractivity contribution in [1.29, 1.82) is 0 Å². The highest BCUT2D eigenvalue weighted by molar-refractivity contribution is 6.28. The van der Waals surface area contributed by atoms with E-state index in [1.165, 1.54) is 39.5 Å². The van der Waals surface area contributed by atoms with Gasteiger partial charge in [0.15, 0.2) is 17.1 Å². The maximum atomic E-state index is 11.3. The molecule has 16 heteroatoms. The number of carbonyl (C=O) groups is 2. The highest BCUT2D eigenvalue weighted by Crippen LogP contribution is 2.26. The SMILES string of the molecule is CC(=O)Nc1cc(-c2cnc(C)c(Cc3nc4ccccc4o3)c2)ccn1.CC(=O)Nc1cc(-c2cnc(C)c(N)c2)ccn1.CN[C@@H]1CCCC[C@H]1NC.Clc1nc2ccccc2o1. The van der Waals surface area contributed by atoms with Crippen LogP contribution in [0.3, 0.4) is 0 Å². The molecule has 2 amide bonds. The number of oxazole rings is 2. The number of rotatable bonds is 8. The Morgan fingerprint density at radius 2 is 1.17 bits per heavy atom. The number of likely N-dealkylation sites (N-methyl/N-ethyl adjacent to an activating group) is 2. The molecule has 1 fully saturated rings. The van der Waals surface area contributed by atoms with Crippen LogP contribution in [0.2, 0.25) is 5.35 Å². The van der Waals surface area contributed by atoms with Crippen LogP contribution >= 0.6 is 11.6 Å². The Balaban J connectivity index is 0.000000158. The predicted molar refractivity (Wildman–Crippen MR) is 257 cm³/mol. The van der Waals surface area contributed by atoms with Gasteiger partial charge in [0.2, 0.25) is 11.8 Å². The summed E-state index contributed by atoms with van der Waals surface area (Å²) in [5.74, 6) is 1.38. The minimum absolute atomic E-state index is 0.152. The van der Waals surface area contributed by atoms with Crippen molar-refractivity contribution in [1.82, 2.24) is 40.5 Å². The van der Waals surface area contributed by atoms with Crippen LogP contribution in [0.25, 0.3) is 44.5 Å². The van der Waals surface area contributed by atoms with Crippen molar-refractivity contribution in [3.05, 3.63) is 138 Å². The lowest BCUT2D eigenvalue weighted by Gasteiger charge is -2.30. The van der Waals surface area contributed by atoms with Crippen molar-refractivity contribution in [2.45, 2.75) is 71.9 Å². The van der Waals surface area contributed by atoms with Crippen LogP contribution in [-0.4, -0.2) is 67.9 Å². The van der Waals surface area contributed by atoms with E-state index in [0.717, 1.165) is 61.4 Å². The van der Waals surface area contributed by atoms with Crippen molar-refractivity contribution < 1.29 is 18.4 Å². The van der Waals surface area contributed by atoms with E-state index in [2.05, 4.69) is 71.3 Å². The number of nitrogen functional groups attached to an aromatic ring is 1. The summed E-state index contributed by atoms with van der Waals surface area (Å²) in [5.41, 5.74) is 16.1. The predicted octanol–water partition coefficient (Wildman–Crippen LogP) is 9.35. The van der Waals surface area contributed by atoms with E-state index in [4.69, 9.17) is 26.2 Å². The number of hydrogen-bond acceptors (Lipinski definition) is 13. The van der Waals surface area contributed by atoms with Gasteiger partial charge in [0.05, 0.1) is 17.8 Å². The Kier molecular flexibility index (Phi) is 16.8. The average Bonchev–Trinajstić information content (AvgIpc) is 3.90. The molecule has 8 aromatic rings. The maximum absolute atomic E-state index is 11.3. The molecule has 1 aliphatic rings. The first-order valence-corrected chi connectivity index (χ1v) is 21.6. The summed E-state index contributed by atoms with van der Waals surface area (Å²) in [6.45, 7) is 6.73. The first kappa shape index (κ1) is 47.4. The summed E-state index contributed by atoms with van der Waals surface area (Å²) in [6, 6.07) is 27.9. The summed E-state index contributed by atoms with van der Waals surface area (Å²) >= 11 is 5.51. The lowest BCUT2D eigenvalue weighted by atomic mass is 9.91. The Bertz CT molecular complexity index is 2770. The van der Waals surface area contributed by atoms with E-state index in [1.807, 2.05) is 92.8 Å². The number of nitrogens with two attached hydrogens (primary N) is 1. The molecule has 2 atom stereocenters. The molecule has 6 N–H and O–H groups in total. The molecule has 1 saturated carbocycles. The van der Waals surface area contributed by atoms with Crippen molar-refractivity contribution in [2.24, 2.45) is 0 Å². The largest absolute Gasteiger partial charge is 0.440 e. The molecule has 2 aromatic carbocycles. The van der Waals surface area contributed by atoms with Crippen molar-refractivity contribution >= 4 is 62.9 Å². The van der Waals surface area contributed by atoms with Gasteiger partial charge in [0.25, 0.3) is 5.35 Å². The van der Waals surface area contributed by atoms with E-state index in [1.54, 1.807) is 24.7 Å². The fourth-order valence-corrected chi connectivity index (χ4v) is 7.34. The number of pyridine rings is 4. The number of hydrogen-bond donors (Lipinski definition) is 5. The zero-order chi connectivity index (χ0) is 46.3. The fraction of sp³-hybridized carbons (Fsp3) is 0.265. The van der Waals surface area contributed by atoms with Gasteiger partial charge in [-0.25, -0.2) is 15.0 Å². The number of fused-ring (bicyclic) bond motifs is 2. The quantitative estimate of drug-likeness (QED) is 0.0963. The summed E-state index contributed by atoms with van der Waals surface area (Å²) in [5, 5.41) is 12.2. The third-order valence-corrected chi connectivity index (χ3v) is 10.7. The third-order valence-electron chi connectivity index (χ3n) is 10.6. The summed E-state index contributed by atoms with van der Waals surface area (Å²) < 4.78 is 10.9. The molecule has 0 aliphatic heterocycles. The zero-order valence-corrected chi connectivity index (χ0v) is 38.1. The van der Waals surface area contributed by atoms with Gasteiger partial charge in [-0.3, -0.25) is 19.6 Å². The van der Waals surface area contributed by atoms with Crippen LogP contribution in [0.4, 0.5) is 17.3 Å². The van der Waals surface area contributed by atoms with Gasteiger partial charge < -0.3 is 35.8 Å². The summed E-state index contributed by atoms with van der Waals surface area (Å²) in [7, 11) is 4.11. The smallest absolute Gasteiger partial charge is 0.293 e. The van der Waals surface area contributed by atoms with E-state index in [0.29, 0.717) is 41.7 Å². The zero-order valence-electron chi connectivity index (χ0n) is 37.4. The molecule has 0 bridgehead atoms. The molecule has 6 heterocycles. The second kappa shape index (κ2) is 23.0. The van der Waals surface area contributed by atoms with Gasteiger partial charge in [-0.15, -0.1) is 0 Å². The lowest BCUT2D eigenvalue weighted by molar-refractivity contribution is -0.115. The Morgan fingerprint density at radius 1 is 0.662 bits per heavy atom. The number of aromatic nitrogens is 6. The molecule has 65 heavy (non-hydrogen) atoms. The molecule has 0 unspecified atom stereocenters. The monoisotopic (exact) mass is 895 g/mol. The van der Waals surface area contributed by atoms with Crippen LogP contribution in [0.1, 0.15) is 62.4 Å². The Morgan fingerprint density at radius 3 is 1.68 bits per heavy atom. The number of amides is 2. The average molecular weight is 896 g/mol. The van der Waals surface area contributed by atoms with Gasteiger partial charge in [0, 0.05) is 67.5 Å². The number of halogens is 1. The van der Waals surface area contributed by atoms with Crippen LogP contribution in [0, 0.1) is 13.8 Å². The molecule has 9 rings (SSSR count). The standard InChI is InChI=1S/C21H18N4O2.C13H14N4O.C8H18N2.C7H4ClNO/c1-13-16(11-21-25-18-5-3-4-6-19(18)27-21)9-17(12-23-13)15-7-8-22-20(10-15)24-14(2)26;1-8-12(14)5-11(7-16-8)10-3-4-15-13(6-10)17-9(2)18;1-9-7-5-3-4-6-8(7)10-2;8-7-9-5-3-1-2-4-6(5)10-7/h3-10,12H,11H2,1-2H3,(H,22,24,26);3-7H,14H2,1-2H3,(H,15,17,18);7-10H,3-6H2,1-2H3;1-4H/t;;7-,8-;/m..1./s1. The number of benzene rings is 2. The van der Waals surface area contributed by atoms with Crippen LogP contribution < -0.4 is 27.0 Å². The van der Waals surface area contributed by atoms with Crippen LogP contribution in [0.5, 0.6) is 0 Å². The minimum Gasteiger partial charge on any atom is -0.440 e. The molecule has 1 aliphatic carbocycles. The second-order valence-corrected chi connectivity index (χ2v) is 15.7. The van der Waals surface area contributed by atoms with Gasteiger partial charge in [-0.1, -0.05) is 37.1 Å². The highest BCUT2D eigenvalue weighted by Gasteiger charge is 2.21. The number of nitrogens with one attached hydrogen (secondary N) is 4. The normalized spacial score (nSPS) is 14.2. The number of para-hydroxylation sites is 4. The molecular formula is C49H54ClN11O4. The third kappa shape index (κ3) is 13.7. The van der Waals surface area contributed by atoms with E-state index >= 15 is 0 Å². The Hall–Kier alpha value is -7.07. The molecular weight excluding hydrogens is 842 g/mol. The molecule has 15 nitrogen and oxygen atoms in total. The number of aryl methyl sites for hydroxylation is 2. The molecule has 336 valence electrons. The number of nitrogens with zero attached hydrogens (tertiary/aromatic N) is 6. The first-order valence-electron chi connectivity index (χ1n) is 21.2. The maximum Gasteiger partial charge on any atom is 0.293 e. The summed E-state index contributed by atoms with van der Waals surface area (Å²) in [4.78, 5) is 47.6. The highest BCUT2D eigenvalue weighted by atomic mass is 35.5. The molecule has 0 radical (unpaired) electrons. The van der Waals surface area contributed by atoms with E-state index in [-0.39, 0.29) is 17.2 Å². The minimum atomic E-state index is -0.154. The first-order chi connectivity index (χ1) is 31.4. The number of carbonyl (C=O) groups excluding carboxylic acids is 2. The van der Waals surface area contributed by atoms with Crippen LogP contribution in [0.15, 0.2) is 119 Å². The Labute approximate surface area is 383 Å². The van der Waals surface area contributed by atoms with Crippen molar-refractivity contribution in [2.75, 3.05) is 30.5 Å². The molecule has 0 saturated heterocycles. The summed E-state index contributed by atoms with van der Waals surface area (Å²) in [6.07, 6.45) is 12.9.